The lowest BCUT2D eigenvalue weighted by Crippen LogP contribution is -2.22. The second-order valence-electron chi connectivity index (χ2n) is 7.64. The third kappa shape index (κ3) is 4.77. The molecule has 9 heteroatoms. The van der Waals surface area contributed by atoms with Gasteiger partial charge >= 0.3 is 0 Å². The number of amides is 1. The predicted octanol–water partition coefficient (Wildman–Crippen LogP) is 4.21. The Bertz CT molecular complexity index is 1140. The van der Waals surface area contributed by atoms with Gasteiger partial charge in [0.05, 0.1) is 18.1 Å². The molecule has 0 aliphatic carbocycles. The first-order valence-corrected chi connectivity index (χ1v) is 11.2. The summed E-state index contributed by atoms with van der Waals surface area (Å²) in [7, 11) is 1.62. The summed E-state index contributed by atoms with van der Waals surface area (Å²) in [5.41, 5.74) is 2.65. The van der Waals surface area contributed by atoms with E-state index < -0.39 is 0 Å². The molecule has 166 valence electrons. The Morgan fingerprint density at radius 3 is 2.62 bits per heavy atom. The van der Waals surface area contributed by atoms with Gasteiger partial charge < -0.3 is 14.8 Å². The first kappa shape index (κ1) is 21.9. The molecule has 0 unspecified atom stereocenters. The molecule has 4 rings (SSSR count). The normalized spacial score (nSPS) is 15.2. The summed E-state index contributed by atoms with van der Waals surface area (Å²) in [5.74, 6) is 1.94. The molecule has 2 aromatic carbocycles. The molecule has 0 bridgehead atoms. The van der Waals surface area contributed by atoms with E-state index >= 15 is 0 Å². The third-order valence-corrected chi connectivity index (χ3v) is 5.98. The summed E-state index contributed by atoms with van der Waals surface area (Å²) in [6, 6.07) is 15.1. The van der Waals surface area contributed by atoms with Crippen LogP contribution in [0.15, 0.2) is 58.8 Å². The fourth-order valence-corrected chi connectivity index (χ4v) is 4.05. The molecule has 0 radical (unpaired) electrons. The highest BCUT2D eigenvalue weighted by atomic mass is 32.2. The number of carbonyl (C=O) groups excluding carboxylic acids is 1. The molecular weight excluding hydrogens is 426 g/mol. The number of nitrogens with zero attached hydrogens (tertiary/aromatic N) is 4. The molecule has 8 nitrogen and oxygen atoms in total. The molecule has 0 saturated heterocycles. The SMILES string of the molecule is COc1cccc(OCc2nnc3n2N=C(c2ccc(NC(=O)C(C)C)cc2)[C@@H](C)S3)c1. The number of hydrogen-bond donors (Lipinski definition) is 1. The molecule has 0 spiro atoms. The van der Waals surface area contributed by atoms with Crippen molar-refractivity contribution >= 4 is 29.1 Å². The minimum Gasteiger partial charge on any atom is -0.497 e. The first-order chi connectivity index (χ1) is 15.4. The topological polar surface area (TPSA) is 90.6 Å². The zero-order valence-electron chi connectivity index (χ0n) is 18.4. The molecule has 3 aromatic rings. The van der Waals surface area contributed by atoms with Crippen LogP contribution in [-0.4, -0.2) is 38.9 Å². The molecule has 0 saturated carbocycles. The first-order valence-electron chi connectivity index (χ1n) is 10.3. The van der Waals surface area contributed by atoms with Gasteiger partial charge in [-0.3, -0.25) is 4.79 Å². The third-order valence-electron chi connectivity index (χ3n) is 4.93. The second kappa shape index (κ2) is 9.44. The number of fused-ring (bicyclic) bond motifs is 1. The van der Waals surface area contributed by atoms with Crippen molar-refractivity contribution in [2.24, 2.45) is 11.0 Å². The van der Waals surface area contributed by atoms with Crippen molar-refractivity contribution in [3.05, 3.63) is 59.9 Å². The van der Waals surface area contributed by atoms with Crippen molar-refractivity contribution in [1.29, 1.82) is 0 Å². The van der Waals surface area contributed by atoms with Crippen molar-refractivity contribution in [3.8, 4) is 11.5 Å². The van der Waals surface area contributed by atoms with Gasteiger partial charge in [-0.2, -0.15) is 9.78 Å². The lowest BCUT2D eigenvalue weighted by molar-refractivity contribution is -0.118. The molecule has 2 heterocycles. The van der Waals surface area contributed by atoms with Crippen molar-refractivity contribution in [2.45, 2.75) is 37.8 Å². The molecule has 1 atom stereocenters. The van der Waals surface area contributed by atoms with Gasteiger partial charge in [0.1, 0.15) is 18.1 Å². The van der Waals surface area contributed by atoms with E-state index in [9.17, 15) is 4.79 Å². The maximum Gasteiger partial charge on any atom is 0.226 e. The number of benzene rings is 2. The average Bonchev–Trinajstić information content (AvgIpc) is 3.19. The molecule has 0 fully saturated rings. The van der Waals surface area contributed by atoms with Crippen molar-refractivity contribution in [2.75, 3.05) is 12.4 Å². The summed E-state index contributed by atoms with van der Waals surface area (Å²) >= 11 is 1.60. The Balaban J connectivity index is 1.53. The van der Waals surface area contributed by atoms with Crippen LogP contribution in [0.5, 0.6) is 11.5 Å². The predicted molar refractivity (Wildman–Crippen MR) is 125 cm³/mol. The van der Waals surface area contributed by atoms with Gasteiger partial charge in [-0.1, -0.05) is 43.8 Å². The van der Waals surface area contributed by atoms with Gasteiger partial charge in [-0.05, 0) is 36.8 Å². The Kier molecular flexibility index (Phi) is 6.45. The lowest BCUT2D eigenvalue weighted by Gasteiger charge is -2.20. The molecule has 1 amide bonds. The second-order valence-corrected chi connectivity index (χ2v) is 8.95. The van der Waals surface area contributed by atoms with E-state index in [1.165, 1.54) is 0 Å². The highest BCUT2D eigenvalue weighted by Gasteiger charge is 2.26. The fraction of sp³-hybridized carbons (Fsp3) is 0.304. The Morgan fingerprint density at radius 1 is 1.16 bits per heavy atom. The number of carbonyl (C=O) groups is 1. The number of hydrogen-bond acceptors (Lipinski definition) is 7. The number of rotatable bonds is 7. The van der Waals surface area contributed by atoms with E-state index in [0.29, 0.717) is 11.6 Å². The van der Waals surface area contributed by atoms with Crippen LogP contribution in [0, 0.1) is 5.92 Å². The van der Waals surface area contributed by atoms with Crippen molar-refractivity contribution < 1.29 is 14.3 Å². The van der Waals surface area contributed by atoms with Crippen LogP contribution in [0.25, 0.3) is 0 Å². The molecule has 1 aliphatic heterocycles. The van der Waals surface area contributed by atoms with Crippen LogP contribution in [0.1, 0.15) is 32.2 Å². The number of anilines is 1. The monoisotopic (exact) mass is 451 g/mol. The highest BCUT2D eigenvalue weighted by molar-refractivity contribution is 8.00. The molecule has 32 heavy (non-hydrogen) atoms. The Hall–Kier alpha value is -3.33. The maximum atomic E-state index is 11.9. The summed E-state index contributed by atoms with van der Waals surface area (Å²) in [6.45, 7) is 6.05. The van der Waals surface area contributed by atoms with Crippen molar-refractivity contribution in [3.63, 3.8) is 0 Å². The summed E-state index contributed by atoms with van der Waals surface area (Å²) in [4.78, 5) is 11.9. The molecule has 1 aromatic heterocycles. The van der Waals surface area contributed by atoms with Crippen LogP contribution in [-0.2, 0) is 11.4 Å². The summed E-state index contributed by atoms with van der Waals surface area (Å²) in [5, 5.41) is 17.1. The van der Waals surface area contributed by atoms with E-state index in [2.05, 4.69) is 22.4 Å². The highest BCUT2D eigenvalue weighted by Crippen LogP contribution is 2.31. The fourth-order valence-electron chi connectivity index (χ4n) is 3.10. The average molecular weight is 452 g/mol. The van der Waals surface area contributed by atoms with E-state index in [0.717, 1.165) is 27.9 Å². The van der Waals surface area contributed by atoms with E-state index in [1.807, 2.05) is 62.4 Å². The van der Waals surface area contributed by atoms with E-state index in [1.54, 1.807) is 23.5 Å². The van der Waals surface area contributed by atoms with Crippen LogP contribution >= 0.6 is 11.8 Å². The van der Waals surface area contributed by atoms with Gasteiger partial charge in [-0.15, -0.1) is 10.2 Å². The van der Waals surface area contributed by atoms with Gasteiger partial charge in [0.2, 0.25) is 11.1 Å². The van der Waals surface area contributed by atoms with Crippen LogP contribution in [0.4, 0.5) is 5.69 Å². The number of aromatic nitrogens is 3. The van der Waals surface area contributed by atoms with Gasteiger partial charge in [0, 0.05) is 17.7 Å². The van der Waals surface area contributed by atoms with Gasteiger partial charge in [0.15, 0.2) is 5.82 Å². The van der Waals surface area contributed by atoms with Gasteiger partial charge in [-0.25, -0.2) is 0 Å². The molecule has 1 aliphatic rings. The minimum absolute atomic E-state index is 0.00788. The number of ether oxygens (including phenoxy) is 2. The Morgan fingerprint density at radius 2 is 1.91 bits per heavy atom. The quantitative estimate of drug-likeness (QED) is 0.579. The zero-order chi connectivity index (χ0) is 22.7. The van der Waals surface area contributed by atoms with Crippen LogP contribution in [0.3, 0.4) is 0 Å². The van der Waals surface area contributed by atoms with E-state index in [4.69, 9.17) is 14.6 Å². The van der Waals surface area contributed by atoms with Gasteiger partial charge in [0.25, 0.3) is 0 Å². The minimum atomic E-state index is -0.0707. The summed E-state index contributed by atoms with van der Waals surface area (Å²) < 4.78 is 12.8. The van der Waals surface area contributed by atoms with Crippen LogP contribution in [0.2, 0.25) is 0 Å². The van der Waals surface area contributed by atoms with Crippen molar-refractivity contribution in [1.82, 2.24) is 14.9 Å². The Labute approximate surface area is 191 Å². The van der Waals surface area contributed by atoms with E-state index in [-0.39, 0.29) is 23.7 Å². The smallest absolute Gasteiger partial charge is 0.226 e. The number of methoxy groups -OCH3 is 1. The number of thioether (sulfide) groups is 1. The molecule has 1 N–H and O–H groups in total. The maximum absolute atomic E-state index is 11.9. The zero-order valence-corrected chi connectivity index (χ0v) is 19.2. The largest absolute Gasteiger partial charge is 0.497 e. The summed E-state index contributed by atoms with van der Waals surface area (Å²) in [6.07, 6.45) is 0. The molecular formula is C23H25N5O3S. The number of nitrogens with one attached hydrogen (secondary N) is 1. The van der Waals surface area contributed by atoms with Crippen LogP contribution < -0.4 is 14.8 Å². The standard InChI is InChI=1S/C23H25N5O3S/c1-14(2)22(29)24-17-10-8-16(9-11-17)21-15(3)32-23-26-25-20(28(23)27-21)13-31-19-7-5-6-18(12-19)30-4/h5-12,14-15H,13H2,1-4H3,(H,24,29)/t15-/m1/s1. The lowest BCUT2D eigenvalue weighted by atomic mass is 10.1.